The van der Waals surface area contributed by atoms with Gasteiger partial charge in [0.05, 0.1) is 29.4 Å². The number of alkyl halides is 1. The van der Waals surface area contributed by atoms with Crippen LogP contribution >= 0.6 is 11.8 Å². The van der Waals surface area contributed by atoms with Crippen molar-refractivity contribution in [2.24, 2.45) is 11.3 Å². The summed E-state index contributed by atoms with van der Waals surface area (Å²) in [6, 6.07) is 1.59. The van der Waals surface area contributed by atoms with Crippen LogP contribution < -0.4 is 9.80 Å². The summed E-state index contributed by atoms with van der Waals surface area (Å²) in [5.74, 6) is 0.472. The molecule has 2 aromatic heterocycles. The SMILES string of the molecule is C[C@H]1CC2(CCN(c3ncc(Sc4ccnc(N5CC(C(C)(C)O)C5)c4F)nc3CF)CC2)CO1. The normalized spacial score (nSPS) is 22.6. The number of aliphatic hydroxyl groups is 1. The lowest BCUT2D eigenvalue weighted by molar-refractivity contribution is 0.00416. The van der Waals surface area contributed by atoms with Gasteiger partial charge in [0, 0.05) is 38.3 Å². The highest BCUT2D eigenvalue weighted by Crippen LogP contribution is 2.43. The zero-order valence-corrected chi connectivity index (χ0v) is 21.3. The molecule has 3 saturated heterocycles. The van der Waals surface area contributed by atoms with E-state index in [1.165, 1.54) is 0 Å². The van der Waals surface area contributed by atoms with Crippen molar-refractivity contribution in [2.75, 3.05) is 42.6 Å². The van der Waals surface area contributed by atoms with Crippen LogP contribution in [-0.4, -0.2) is 64.5 Å². The molecule has 2 aromatic rings. The van der Waals surface area contributed by atoms with E-state index in [9.17, 15) is 9.50 Å². The predicted octanol–water partition coefficient (Wildman–Crippen LogP) is 4.23. The van der Waals surface area contributed by atoms with E-state index in [0.29, 0.717) is 34.9 Å². The van der Waals surface area contributed by atoms with Crippen molar-refractivity contribution in [1.29, 1.82) is 0 Å². The Bertz CT molecular complexity index is 1070. The quantitative estimate of drug-likeness (QED) is 0.625. The molecule has 3 aliphatic rings. The van der Waals surface area contributed by atoms with Crippen LogP contribution in [0.1, 0.15) is 45.7 Å². The highest BCUT2D eigenvalue weighted by Gasteiger charge is 2.42. The second-order valence-corrected chi connectivity index (χ2v) is 11.8. The number of ether oxygens (including phenoxy) is 1. The lowest BCUT2D eigenvalue weighted by Gasteiger charge is -2.45. The molecule has 1 N–H and O–H groups in total. The highest BCUT2D eigenvalue weighted by atomic mass is 32.2. The van der Waals surface area contributed by atoms with Crippen molar-refractivity contribution < 1.29 is 18.6 Å². The number of anilines is 2. The largest absolute Gasteiger partial charge is 0.390 e. The lowest BCUT2D eigenvalue weighted by Crippen LogP contribution is -2.56. The molecule has 0 aromatic carbocycles. The third-order valence-electron chi connectivity index (χ3n) is 7.68. The summed E-state index contributed by atoms with van der Waals surface area (Å²) in [4.78, 5) is 17.5. The number of hydrogen-bond acceptors (Lipinski definition) is 8. The average molecular weight is 506 g/mol. The monoisotopic (exact) mass is 505 g/mol. The maximum absolute atomic E-state index is 15.2. The summed E-state index contributed by atoms with van der Waals surface area (Å²) in [5, 5.41) is 10.6. The third kappa shape index (κ3) is 4.97. The Morgan fingerprint density at radius 2 is 1.94 bits per heavy atom. The number of rotatable bonds is 6. The molecule has 5 rings (SSSR count). The number of hydrogen-bond donors (Lipinski definition) is 1. The summed E-state index contributed by atoms with van der Waals surface area (Å²) in [5.41, 5.74) is -0.292. The number of piperidine rings is 1. The maximum atomic E-state index is 15.2. The predicted molar refractivity (Wildman–Crippen MR) is 131 cm³/mol. The minimum absolute atomic E-state index is 0.0693. The van der Waals surface area contributed by atoms with Crippen LogP contribution in [0.4, 0.5) is 20.4 Å². The van der Waals surface area contributed by atoms with Gasteiger partial charge in [0.1, 0.15) is 17.4 Å². The summed E-state index contributed by atoms with van der Waals surface area (Å²) in [6.07, 6.45) is 6.53. The van der Waals surface area contributed by atoms with E-state index in [2.05, 4.69) is 26.8 Å². The topological polar surface area (TPSA) is 74.6 Å². The highest BCUT2D eigenvalue weighted by molar-refractivity contribution is 7.99. The molecule has 0 unspecified atom stereocenters. The first kappa shape index (κ1) is 24.6. The number of halogens is 2. The molecular weight excluding hydrogens is 472 g/mol. The van der Waals surface area contributed by atoms with Gasteiger partial charge < -0.3 is 19.6 Å². The fourth-order valence-corrected chi connectivity index (χ4v) is 6.12. The zero-order valence-electron chi connectivity index (χ0n) is 20.5. The Morgan fingerprint density at radius 1 is 1.20 bits per heavy atom. The van der Waals surface area contributed by atoms with Crippen LogP contribution in [0.25, 0.3) is 0 Å². The van der Waals surface area contributed by atoms with Crippen LogP contribution in [0.5, 0.6) is 0 Å². The number of aromatic nitrogens is 3. The minimum Gasteiger partial charge on any atom is -0.390 e. The molecule has 5 heterocycles. The molecule has 0 radical (unpaired) electrons. The molecule has 3 aliphatic heterocycles. The van der Waals surface area contributed by atoms with Crippen LogP contribution in [-0.2, 0) is 11.4 Å². The fraction of sp³-hybridized carbons (Fsp3) is 0.640. The first-order chi connectivity index (χ1) is 16.7. The molecule has 0 aliphatic carbocycles. The van der Waals surface area contributed by atoms with Gasteiger partial charge in [0.25, 0.3) is 0 Å². The molecule has 10 heteroatoms. The van der Waals surface area contributed by atoms with Crippen molar-refractivity contribution in [3.63, 3.8) is 0 Å². The minimum atomic E-state index is -0.808. The summed E-state index contributed by atoms with van der Waals surface area (Å²) < 4.78 is 35.0. The van der Waals surface area contributed by atoms with Crippen LogP contribution in [0.15, 0.2) is 28.4 Å². The first-order valence-corrected chi connectivity index (χ1v) is 13.1. The van der Waals surface area contributed by atoms with Crippen LogP contribution in [0, 0.1) is 17.2 Å². The van der Waals surface area contributed by atoms with E-state index in [4.69, 9.17) is 4.74 Å². The van der Waals surface area contributed by atoms with Crippen molar-refractivity contribution in [2.45, 2.75) is 68.3 Å². The van der Waals surface area contributed by atoms with Crippen molar-refractivity contribution in [1.82, 2.24) is 15.0 Å². The van der Waals surface area contributed by atoms with E-state index in [-0.39, 0.29) is 22.8 Å². The van der Waals surface area contributed by atoms with Gasteiger partial charge in [-0.1, -0.05) is 11.8 Å². The molecule has 0 saturated carbocycles. The van der Waals surface area contributed by atoms with E-state index < -0.39 is 18.1 Å². The molecule has 35 heavy (non-hydrogen) atoms. The van der Waals surface area contributed by atoms with E-state index in [1.807, 2.05) is 4.90 Å². The molecule has 3 fully saturated rings. The Balaban J connectivity index is 1.27. The molecule has 0 bridgehead atoms. The molecule has 7 nitrogen and oxygen atoms in total. The standard InChI is InChI=1S/C25H33F2N5O2S/c1-16-10-25(15-34-16)5-8-31(9-6-25)22-18(11-26)30-20(12-29-22)35-19-4-7-28-23(21(19)27)32-13-17(14-32)24(2,3)33/h4,7,12,16-17,33H,5-6,8-11,13-15H2,1-3H3/t16-/m0/s1. The average Bonchev–Trinajstić information content (AvgIpc) is 3.14. The van der Waals surface area contributed by atoms with Gasteiger partial charge in [-0.15, -0.1) is 0 Å². The Hall–Kier alpha value is -2.04. The second-order valence-electron chi connectivity index (χ2n) is 10.7. The summed E-state index contributed by atoms with van der Waals surface area (Å²) >= 11 is 1.12. The van der Waals surface area contributed by atoms with E-state index >= 15 is 4.39 Å². The zero-order chi connectivity index (χ0) is 24.8. The Morgan fingerprint density at radius 3 is 2.57 bits per heavy atom. The smallest absolute Gasteiger partial charge is 0.179 e. The van der Waals surface area contributed by atoms with Gasteiger partial charge >= 0.3 is 0 Å². The maximum Gasteiger partial charge on any atom is 0.179 e. The molecular formula is C25H33F2N5O2S. The third-order valence-corrected chi connectivity index (χ3v) is 8.62. The van der Waals surface area contributed by atoms with Crippen molar-refractivity contribution in [3.8, 4) is 0 Å². The van der Waals surface area contributed by atoms with Gasteiger partial charge in [-0.05, 0) is 51.5 Å². The van der Waals surface area contributed by atoms with Gasteiger partial charge in [0.15, 0.2) is 17.5 Å². The number of nitrogens with zero attached hydrogens (tertiary/aromatic N) is 5. The van der Waals surface area contributed by atoms with Crippen molar-refractivity contribution in [3.05, 3.63) is 30.0 Å². The second kappa shape index (κ2) is 9.44. The van der Waals surface area contributed by atoms with Crippen molar-refractivity contribution >= 4 is 23.4 Å². The molecule has 190 valence electrons. The molecule has 1 atom stereocenters. The lowest BCUT2D eigenvalue weighted by atomic mass is 9.77. The molecule has 1 spiro atoms. The van der Waals surface area contributed by atoms with Crippen LogP contribution in [0.2, 0.25) is 0 Å². The Labute approximate surface area is 209 Å². The number of pyridine rings is 1. The fourth-order valence-electron chi connectivity index (χ4n) is 5.32. The summed E-state index contributed by atoms with van der Waals surface area (Å²) in [7, 11) is 0. The van der Waals surface area contributed by atoms with Gasteiger partial charge in [0.2, 0.25) is 0 Å². The molecule has 0 amide bonds. The van der Waals surface area contributed by atoms with Gasteiger partial charge in [-0.3, -0.25) is 0 Å². The first-order valence-electron chi connectivity index (χ1n) is 12.3. The van der Waals surface area contributed by atoms with Gasteiger partial charge in [-0.25, -0.2) is 23.7 Å². The van der Waals surface area contributed by atoms with Crippen LogP contribution in [0.3, 0.4) is 0 Å². The van der Waals surface area contributed by atoms with Gasteiger partial charge in [-0.2, -0.15) is 0 Å². The van der Waals surface area contributed by atoms with E-state index in [0.717, 1.165) is 50.7 Å². The summed E-state index contributed by atoms with van der Waals surface area (Å²) in [6.45, 7) is 8.41. The Kier molecular flexibility index (Phi) is 6.65. The van der Waals surface area contributed by atoms with E-state index in [1.54, 1.807) is 32.3 Å².